The molecule has 0 saturated carbocycles. The lowest BCUT2D eigenvalue weighted by Gasteiger charge is -2.04. The standard InChI is InChI=1S/C17H12F3N3O3S/c18-11-3-5-12(6-4-11)21-14(24)9-27-17-23-22-15(26-17)10-1-7-13(8-2-10)25-16(19)20/h1-8,16H,9H2,(H,21,24). The molecule has 0 aliphatic rings. The second-order valence-electron chi connectivity index (χ2n) is 5.12. The molecule has 3 rings (SSSR count). The molecule has 1 N–H and O–H groups in total. The van der Waals surface area contributed by atoms with Gasteiger partial charge in [-0.1, -0.05) is 11.8 Å². The van der Waals surface area contributed by atoms with E-state index in [-0.39, 0.29) is 28.5 Å². The highest BCUT2D eigenvalue weighted by Crippen LogP contribution is 2.25. The summed E-state index contributed by atoms with van der Waals surface area (Å²) in [4.78, 5) is 11.9. The zero-order valence-corrected chi connectivity index (χ0v) is 14.4. The quantitative estimate of drug-likeness (QED) is 0.604. The first-order valence-corrected chi connectivity index (χ1v) is 8.55. The zero-order chi connectivity index (χ0) is 19.2. The molecule has 0 aliphatic heterocycles. The molecule has 0 atom stereocenters. The van der Waals surface area contributed by atoms with E-state index in [4.69, 9.17) is 4.42 Å². The van der Waals surface area contributed by atoms with E-state index in [2.05, 4.69) is 20.3 Å². The van der Waals surface area contributed by atoms with Crippen molar-refractivity contribution in [1.82, 2.24) is 10.2 Å². The third-order valence-corrected chi connectivity index (χ3v) is 4.01. The van der Waals surface area contributed by atoms with E-state index < -0.39 is 12.4 Å². The van der Waals surface area contributed by atoms with Crippen LogP contribution in [-0.2, 0) is 4.79 Å². The topological polar surface area (TPSA) is 77.2 Å². The first-order valence-electron chi connectivity index (χ1n) is 7.56. The largest absolute Gasteiger partial charge is 0.435 e. The molecule has 0 radical (unpaired) electrons. The van der Waals surface area contributed by atoms with Crippen LogP contribution in [0, 0.1) is 5.82 Å². The summed E-state index contributed by atoms with van der Waals surface area (Å²) in [5.41, 5.74) is 0.992. The maximum atomic E-state index is 12.8. The van der Waals surface area contributed by atoms with E-state index in [1.165, 1.54) is 48.5 Å². The molecule has 1 amide bonds. The van der Waals surface area contributed by atoms with Gasteiger partial charge in [-0.05, 0) is 48.5 Å². The van der Waals surface area contributed by atoms with Gasteiger partial charge in [0.15, 0.2) is 0 Å². The van der Waals surface area contributed by atoms with Crippen molar-refractivity contribution >= 4 is 23.4 Å². The fourth-order valence-corrected chi connectivity index (χ4v) is 2.58. The molecule has 0 spiro atoms. The van der Waals surface area contributed by atoms with Crippen LogP contribution >= 0.6 is 11.8 Å². The number of hydrogen-bond donors (Lipinski definition) is 1. The Morgan fingerprint density at radius 3 is 2.48 bits per heavy atom. The van der Waals surface area contributed by atoms with E-state index in [9.17, 15) is 18.0 Å². The molecule has 3 aromatic rings. The molecule has 1 heterocycles. The number of anilines is 1. The molecule has 27 heavy (non-hydrogen) atoms. The smallest absolute Gasteiger partial charge is 0.387 e. The van der Waals surface area contributed by atoms with Crippen molar-refractivity contribution in [2.75, 3.05) is 11.1 Å². The van der Waals surface area contributed by atoms with Crippen LogP contribution < -0.4 is 10.1 Å². The zero-order valence-electron chi connectivity index (χ0n) is 13.6. The van der Waals surface area contributed by atoms with Gasteiger partial charge < -0.3 is 14.5 Å². The second kappa shape index (κ2) is 8.58. The number of alkyl halides is 2. The fourth-order valence-electron chi connectivity index (χ4n) is 2.02. The summed E-state index contributed by atoms with van der Waals surface area (Å²) in [6.45, 7) is -2.90. The Labute approximate surface area is 155 Å². The van der Waals surface area contributed by atoms with Crippen molar-refractivity contribution in [3.8, 4) is 17.2 Å². The lowest BCUT2D eigenvalue weighted by atomic mass is 10.2. The van der Waals surface area contributed by atoms with Gasteiger partial charge in [-0.2, -0.15) is 8.78 Å². The fraction of sp³-hybridized carbons (Fsp3) is 0.118. The Balaban J connectivity index is 1.54. The number of hydrogen-bond acceptors (Lipinski definition) is 6. The van der Waals surface area contributed by atoms with Crippen molar-refractivity contribution in [2.45, 2.75) is 11.8 Å². The minimum absolute atomic E-state index is 0.0141. The van der Waals surface area contributed by atoms with E-state index in [0.29, 0.717) is 11.3 Å². The number of aromatic nitrogens is 2. The minimum atomic E-state index is -2.90. The van der Waals surface area contributed by atoms with Crippen molar-refractivity contribution in [3.05, 3.63) is 54.3 Å². The number of benzene rings is 2. The number of amides is 1. The van der Waals surface area contributed by atoms with E-state index in [1.807, 2.05) is 0 Å². The van der Waals surface area contributed by atoms with Crippen molar-refractivity contribution in [3.63, 3.8) is 0 Å². The van der Waals surface area contributed by atoms with E-state index in [1.54, 1.807) is 0 Å². The highest BCUT2D eigenvalue weighted by molar-refractivity contribution is 7.99. The molecule has 6 nitrogen and oxygen atoms in total. The van der Waals surface area contributed by atoms with Crippen LogP contribution in [0.3, 0.4) is 0 Å². The van der Waals surface area contributed by atoms with Gasteiger partial charge >= 0.3 is 6.61 Å². The molecule has 2 aromatic carbocycles. The Morgan fingerprint density at radius 1 is 1.11 bits per heavy atom. The molecule has 0 saturated heterocycles. The van der Waals surface area contributed by atoms with Gasteiger partial charge in [-0.25, -0.2) is 4.39 Å². The average Bonchev–Trinajstić information content (AvgIpc) is 3.11. The molecule has 140 valence electrons. The molecule has 10 heteroatoms. The predicted octanol–water partition coefficient (Wildman–Crippen LogP) is 4.21. The third kappa shape index (κ3) is 5.48. The number of nitrogens with one attached hydrogen (secondary N) is 1. The van der Waals surface area contributed by atoms with E-state index >= 15 is 0 Å². The normalized spacial score (nSPS) is 10.8. The number of nitrogens with zero attached hydrogens (tertiary/aromatic N) is 2. The van der Waals surface area contributed by atoms with Gasteiger partial charge in [0.2, 0.25) is 11.8 Å². The van der Waals surface area contributed by atoms with Gasteiger partial charge in [0.05, 0.1) is 5.75 Å². The molecular formula is C17H12F3N3O3S. The van der Waals surface area contributed by atoms with Crippen LogP contribution in [-0.4, -0.2) is 28.5 Å². The third-order valence-electron chi connectivity index (χ3n) is 3.19. The number of halogens is 3. The maximum Gasteiger partial charge on any atom is 0.387 e. The Morgan fingerprint density at radius 2 is 1.81 bits per heavy atom. The number of ether oxygens (including phenoxy) is 1. The Kier molecular flexibility index (Phi) is 5.97. The minimum Gasteiger partial charge on any atom is -0.435 e. The van der Waals surface area contributed by atoms with Crippen LogP contribution in [0.25, 0.3) is 11.5 Å². The summed E-state index contributed by atoms with van der Waals surface area (Å²) in [7, 11) is 0. The van der Waals surface area contributed by atoms with E-state index in [0.717, 1.165) is 11.8 Å². The molecule has 0 unspecified atom stereocenters. The number of rotatable bonds is 7. The van der Waals surface area contributed by atoms with Crippen LogP contribution in [0.1, 0.15) is 0 Å². The lowest BCUT2D eigenvalue weighted by Crippen LogP contribution is -2.13. The molecule has 1 aromatic heterocycles. The van der Waals surface area contributed by atoms with Gasteiger partial charge in [0.25, 0.3) is 5.22 Å². The first-order chi connectivity index (χ1) is 13.0. The van der Waals surface area contributed by atoms with Crippen LogP contribution in [0.4, 0.5) is 18.9 Å². The SMILES string of the molecule is O=C(CSc1nnc(-c2ccc(OC(F)F)cc2)o1)Nc1ccc(F)cc1. The summed E-state index contributed by atoms with van der Waals surface area (Å²) >= 11 is 1.03. The number of thioether (sulfide) groups is 1. The summed E-state index contributed by atoms with van der Waals surface area (Å²) in [5, 5.41) is 10.4. The van der Waals surface area contributed by atoms with Gasteiger partial charge in [-0.15, -0.1) is 10.2 Å². The highest BCUT2D eigenvalue weighted by Gasteiger charge is 2.12. The average molecular weight is 395 g/mol. The first kappa shape index (κ1) is 18.8. The van der Waals surface area contributed by atoms with Crippen molar-refractivity contribution < 1.29 is 27.1 Å². The van der Waals surface area contributed by atoms with Gasteiger partial charge in [0.1, 0.15) is 11.6 Å². The summed E-state index contributed by atoms with van der Waals surface area (Å²) in [5.74, 6) is -0.505. The molecule has 0 fully saturated rings. The molecule has 0 bridgehead atoms. The number of carbonyl (C=O) groups excluding carboxylic acids is 1. The maximum absolute atomic E-state index is 12.8. The summed E-state index contributed by atoms with van der Waals surface area (Å²) in [6.07, 6.45) is 0. The Bertz CT molecular complexity index is 902. The van der Waals surface area contributed by atoms with Crippen molar-refractivity contribution in [1.29, 1.82) is 0 Å². The summed E-state index contributed by atoms with van der Waals surface area (Å²) < 4.78 is 46.8. The molecule has 0 aliphatic carbocycles. The summed E-state index contributed by atoms with van der Waals surface area (Å²) in [6, 6.07) is 11.1. The second-order valence-corrected chi connectivity index (χ2v) is 6.05. The monoisotopic (exact) mass is 395 g/mol. The predicted molar refractivity (Wildman–Crippen MR) is 92.1 cm³/mol. The number of carbonyl (C=O) groups is 1. The van der Waals surface area contributed by atoms with Crippen LogP contribution in [0.15, 0.2) is 58.2 Å². The highest BCUT2D eigenvalue weighted by atomic mass is 32.2. The van der Waals surface area contributed by atoms with Gasteiger partial charge in [-0.3, -0.25) is 4.79 Å². The van der Waals surface area contributed by atoms with Crippen LogP contribution in [0.5, 0.6) is 5.75 Å². The van der Waals surface area contributed by atoms with Gasteiger partial charge in [0, 0.05) is 11.3 Å². The molecular weight excluding hydrogens is 383 g/mol. The van der Waals surface area contributed by atoms with Crippen molar-refractivity contribution in [2.24, 2.45) is 0 Å². The Hall–Kier alpha value is -3.01. The van der Waals surface area contributed by atoms with Crippen LogP contribution in [0.2, 0.25) is 0 Å². The lowest BCUT2D eigenvalue weighted by molar-refractivity contribution is -0.113.